The van der Waals surface area contributed by atoms with Gasteiger partial charge in [0.05, 0.1) is 0 Å². The average Bonchev–Trinajstić information content (AvgIpc) is 2.01. The lowest BCUT2D eigenvalue weighted by Crippen LogP contribution is -2.46. The van der Waals surface area contributed by atoms with E-state index in [0.717, 1.165) is 0 Å². The summed E-state index contributed by atoms with van der Waals surface area (Å²) in [7, 11) is -0.974. The normalized spacial score (nSPS) is 13.2. The molecule has 0 aliphatic rings. The molecule has 0 bridgehead atoms. The van der Waals surface area contributed by atoms with Crippen LogP contribution in [0.1, 0.15) is 0 Å². The molecule has 0 aromatic carbocycles. The van der Waals surface area contributed by atoms with Crippen molar-refractivity contribution in [3.05, 3.63) is 0 Å². The summed E-state index contributed by atoms with van der Waals surface area (Å²) in [5.41, 5.74) is 0. The zero-order chi connectivity index (χ0) is 8.04. The Bertz CT molecular complexity index is 80.3. The molecule has 62 valence electrons. The molecule has 0 N–H and O–H groups in total. The maximum Gasteiger partial charge on any atom is 0.669 e. The predicted octanol–water partition coefficient (Wildman–Crippen LogP) is -0.654. The summed E-state index contributed by atoms with van der Waals surface area (Å²) in [6.07, 6.45) is 0. The van der Waals surface area contributed by atoms with Crippen molar-refractivity contribution in [1.82, 2.24) is 0 Å². The molecule has 0 amide bonds. The van der Waals surface area contributed by atoms with E-state index in [1.54, 1.807) is 0 Å². The van der Waals surface area contributed by atoms with Crippen molar-refractivity contribution >= 4 is 19.1 Å². The minimum atomic E-state index is -3.03. The van der Waals surface area contributed by atoms with E-state index in [0.29, 0.717) is 0 Å². The topological polar surface area (TPSA) is 36.9 Å². The first-order chi connectivity index (χ1) is 4.74. The highest BCUT2D eigenvalue weighted by atomic mass is 28.4. The first-order valence-electron chi connectivity index (χ1n) is 2.60. The summed E-state index contributed by atoms with van der Waals surface area (Å²) < 4.78 is 30.6. The largest absolute Gasteiger partial charge is 0.669 e. The summed E-state index contributed by atoms with van der Waals surface area (Å²) >= 11 is 0. The van der Waals surface area contributed by atoms with Crippen molar-refractivity contribution in [2.75, 3.05) is 21.3 Å². The average molecular weight is 186 g/mol. The quantitative estimate of drug-likeness (QED) is 0.422. The van der Waals surface area contributed by atoms with Gasteiger partial charge in [0.1, 0.15) is 0 Å². The molecule has 0 aliphatic carbocycles. The molecule has 0 heterocycles. The van der Waals surface area contributed by atoms with Crippen molar-refractivity contribution in [3.63, 3.8) is 0 Å². The van der Waals surface area contributed by atoms with E-state index in [9.17, 15) is 4.11 Å². The number of rotatable bonds is 5. The molecule has 0 spiro atoms. The fourth-order valence-electron chi connectivity index (χ4n) is 0.494. The monoisotopic (exact) mass is 186 g/mol. The van der Waals surface area contributed by atoms with Crippen LogP contribution in [0.4, 0.5) is 4.11 Å². The molecule has 0 atom stereocenters. The molecular weight excluding hydrogens is 175 g/mol. The second-order valence-electron chi connectivity index (χ2n) is 1.37. The van der Waals surface area contributed by atoms with Crippen LogP contribution >= 0.6 is 0 Å². The van der Waals surface area contributed by atoms with Crippen LogP contribution in [0.15, 0.2) is 0 Å². The SMILES string of the molecule is CO[Si](OC)(OC)O[SiH2]F. The summed E-state index contributed by atoms with van der Waals surface area (Å²) in [4.78, 5) is 0. The Morgan fingerprint density at radius 1 is 1.10 bits per heavy atom. The second-order valence-corrected chi connectivity index (χ2v) is 4.96. The van der Waals surface area contributed by atoms with E-state index in [1.165, 1.54) is 21.3 Å². The van der Waals surface area contributed by atoms with Gasteiger partial charge < -0.3 is 17.4 Å². The number of hydrogen-bond acceptors (Lipinski definition) is 4. The van der Waals surface area contributed by atoms with Crippen LogP contribution in [-0.4, -0.2) is 40.5 Å². The standard InChI is InChI=1S/C3H11FO4Si2/c1-5-10(6-2,7-3)8-9-4/h9H2,1-3H3. The molecule has 7 heteroatoms. The molecule has 0 saturated carbocycles. The molecule has 0 aliphatic heterocycles. The molecule has 0 saturated heterocycles. The van der Waals surface area contributed by atoms with Crippen molar-refractivity contribution in [2.45, 2.75) is 0 Å². The minimum absolute atomic E-state index is 1.36. The van der Waals surface area contributed by atoms with Crippen molar-refractivity contribution in [3.8, 4) is 0 Å². The molecule has 0 fully saturated rings. The third kappa shape index (κ3) is 2.44. The minimum Gasteiger partial charge on any atom is -0.371 e. The molecule has 10 heavy (non-hydrogen) atoms. The first kappa shape index (κ1) is 10.2. The van der Waals surface area contributed by atoms with Gasteiger partial charge in [-0.1, -0.05) is 0 Å². The Hall–Kier alpha value is 0.204. The third-order valence-corrected chi connectivity index (χ3v) is 4.33. The van der Waals surface area contributed by atoms with Gasteiger partial charge in [-0.25, -0.2) is 0 Å². The van der Waals surface area contributed by atoms with Gasteiger partial charge in [-0.05, 0) is 0 Å². The maximum atomic E-state index is 11.8. The first-order valence-corrected chi connectivity index (χ1v) is 5.34. The third-order valence-electron chi connectivity index (χ3n) is 0.981. The van der Waals surface area contributed by atoms with Gasteiger partial charge in [0.15, 0.2) is 0 Å². The van der Waals surface area contributed by atoms with Gasteiger partial charge in [-0.3, -0.25) is 4.11 Å². The van der Waals surface area contributed by atoms with Crippen molar-refractivity contribution in [2.24, 2.45) is 0 Å². The molecule has 0 radical (unpaired) electrons. The predicted molar refractivity (Wildman–Crippen MR) is 37.5 cm³/mol. The highest BCUT2D eigenvalue weighted by molar-refractivity contribution is 6.58. The maximum absolute atomic E-state index is 11.8. The summed E-state index contributed by atoms with van der Waals surface area (Å²) in [6.45, 7) is 0. The lowest BCUT2D eigenvalue weighted by Gasteiger charge is -2.21. The molecule has 0 aromatic heterocycles. The molecule has 0 rings (SSSR count). The second kappa shape index (κ2) is 4.93. The van der Waals surface area contributed by atoms with Crippen LogP contribution in [0, 0.1) is 0 Å². The summed E-state index contributed by atoms with van der Waals surface area (Å²) in [6, 6.07) is 0. The lowest BCUT2D eigenvalue weighted by molar-refractivity contribution is 0.0497. The van der Waals surface area contributed by atoms with E-state index in [1.807, 2.05) is 0 Å². The Balaban J connectivity index is 3.87. The van der Waals surface area contributed by atoms with E-state index in [2.05, 4.69) is 4.12 Å². The lowest BCUT2D eigenvalue weighted by atomic mass is 11.8. The van der Waals surface area contributed by atoms with Crippen molar-refractivity contribution < 1.29 is 21.5 Å². The number of halogens is 1. The zero-order valence-corrected chi connectivity index (χ0v) is 8.63. The van der Waals surface area contributed by atoms with Gasteiger partial charge in [0, 0.05) is 21.3 Å². The van der Waals surface area contributed by atoms with Crippen molar-refractivity contribution in [1.29, 1.82) is 0 Å². The number of hydrogen-bond donors (Lipinski definition) is 0. The van der Waals surface area contributed by atoms with E-state index < -0.39 is 19.1 Å². The van der Waals surface area contributed by atoms with Gasteiger partial charge in [0.2, 0.25) is 0 Å². The summed E-state index contributed by atoms with van der Waals surface area (Å²) in [5, 5.41) is 0. The Labute approximate surface area is 62.8 Å². The highest BCUT2D eigenvalue weighted by Gasteiger charge is 2.41. The fourth-order valence-corrected chi connectivity index (χ4v) is 2.94. The Morgan fingerprint density at radius 2 is 1.50 bits per heavy atom. The van der Waals surface area contributed by atoms with E-state index in [4.69, 9.17) is 13.3 Å². The van der Waals surface area contributed by atoms with Gasteiger partial charge in [-0.2, -0.15) is 0 Å². The Kier molecular flexibility index (Phi) is 5.04. The highest BCUT2D eigenvalue weighted by Crippen LogP contribution is 2.05. The molecule has 4 nitrogen and oxygen atoms in total. The zero-order valence-electron chi connectivity index (χ0n) is 6.22. The van der Waals surface area contributed by atoms with Gasteiger partial charge >= 0.3 is 19.1 Å². The van der Waals surface area contributed by atoms with E-state index in [-0.39, 0.29) is 0 Å². The van der Waals surface area contributed by atoms with Crippen LogP contribution in [0.3, 0.4) is 0 Å². The van der Waals surface area contributed by atoms with Crippen LogP contribution in [0.2, 0.25) is 0 Å². The van der Waals surface area contributed by atoms with Gasteiger partial charge in [0.25, 0.3) is 0 Å². The summed E-state index contributed by atoms with van der Waals surface area (Å²) in [5.74, 6) is 0. The molecule has 0 unspecified atom stereocenters. The van der Waals surface area contributed by atoms with E-state index >= 15 is 0 Å². The Morgan fingerprint density at radius 3 is 1.60 bits per heavy atom. The van der Waals surface area contributed by atoms with Crippen LogP contribution in [0.25, 0.3) is 0 Å². The van der Waals surface area contributed by atoms with Crippen LogP contribution in [0.5, 0.6) is 0 Å². The van der Waals surface area contributed by atoms with Gasteiger partial charge in [-0.15, -0.1) is 0 Å². The molecular formula is C3H11FO4Si2. The smallest absolute Gasteiger partial charge is 0.371 e. The fraction of sp³-hybridized carbons (Fsp3) is 1.00. The van der Waals surface area contributed by atoms with Crippen LogP contribution < -0.4 is 0 Å². The molecule has 0 aromatic rings. The van der Waals surface area contributed by atoms with Crippen LogP contribution in [-0.2, 0) is 17.4 Å².